The fourth-order valence-corrected chi connectivity index (χ4v) is 2.18. The summed E-state index contributed by atoms with van der Waals surface area (Å²) in [5.74, 6) is -0.699. The minimum Gasteiger partial charge on any atom is -0.465 e. The van der Waals surface area contributed by atoms with Crippen LogP contribution in [0.25, 0.3) is 10.9 Å². The second-order valence-electron chi connectivity index (χ2n) is 3.46. The van der Waals surface area contributed by atoms with E-state index >= 15 is 0 Å². The molecule has 0 aliphatic rings. The summed E-state index contributed by atoms with van der Waals surface area (Å²) in [6, 6.07) is 1.59. The highest BCUT2D eigenvalue weighted by molar-refractivity contribution is 14.1. The summed E-state index contributed by atoms with van der Waals surface area (Å²) in [4.78, 5) is 11.6. The zero-order valence-electron chi connectivity index (χ0n) is 9.15. The lowest BCUT2D eigenvalue weighted by molar-refractivity contribution is 0.0564. The van der Waals surface area contributed by atoms with Crippen LogP contribution in [0.5, 0.6) is 0 Å². The van der Waals surface area contributed by atoms with Crippen LogP contribution in [-0.4, -0.2) is 22.9 Å². The maximum absolute atomic E-state index is 12.6. The summed E-state index contributed by atoms with van der Waals surface area (Å²) < 4.78 is 30.8. The molecule has 0 unspecified atom stereocenters. The summed E-state index contributed by atoms with van der Waals surface area (Å²) in [6.45, 7) is -2.78. The minimum absolute atomic E-state index is 0.0128. The fraction of sp³-hybridized carbons (Fsp3) is 0.200. The number of aromatic nitrogens is 2. The Balaban J connectivity index is 2.79. The molecule has 0 spiro atoms. The molecule has 0 radical (unpaired) electrons. The number of alkyl halides is 2. The summed E-state index contributed by atoms with van der Waals surface area (Å²) >= 11 is 1.92. The lowest BCUT2D eigenvalue weighted by atomic mass is 10.1. The first-order chi connectivity index (χ1) is 8.45. The first-order valence-electron chi connectivity index (χ1n) is 4.79. The molecule has 18 heavy (non-hydrogen) atoms. The number of methoxy groups -OCH3 is 1. The minimum atomic E-state index is -2.78. The van der Waals surface area contributed by atoms with Crippen molar-refractivity contribution in [2.45, 2.75) is 6.55 Å². The third-order valence-corrected chi connectivity index (χ3v) is 3.29. The van der Waals surface area contributed by atoms with E-state index < -0.39 is 12.5 Å². The Hall–Kier alpha value is -1.45. The SMILES string of the molecule is COC(=O)c1c(N)c(I)cc2cn(C(F)F)nc12. The average molecular weight is 367 g/mol. The number of benzene rings is 1. The van der Waals surface area contributed by atoms with E-state index in [1.54, 1.807) is 6.07 Å². The molecule has 2 rings (SSSR count). The van der Waals surface area contributed by atoms with Gasteiger partial charge in [-0.2, -0.15) is 13.9 Å². The van der Waals surface area contributed by atoms with Crippen LogP contribution in [0.3, 0.4) is 0 Å². The topological polar surface area (TPSA) is 70.1 Å². The summed E-state index contributed by atoms with van der Waals surface area (Å²) in [5, 5.41) is 4.08. The molecule has 2 N–H and O–H groups in total. The molecule has 0 saturated heterocycles. The molecule has 0 aliphatic heterocycles. The second kappa shape index (κ2) is 4.67. The predicted molar refractivity (Wildman–Crippen MR) is 69.5 cm³/mol. The number of rotatable bonds is 2. The highest BCUT2D eigenvalue weighted by atomic mass is 127. The fourth-order valence-electron chi connectivity index (χ4n) is 1.58. The molecule has 0 aliphatic carbocycles. The normalized spacial score (nSPS) is 11.2. The van der Waals surface area contributed by atoms with Gasteiger partial charge in [-0.3, -0.25) is 0 Å². The van der Waals surface area contributed by atoms with Gasteiger partial charge in [-0.15, -0.1) is 0 Å². The lowest BCUT2D eigenvalue weighted by Crippen LogP contribution is -2.08. The number of carbonyl (C=O) groups excluding carboxylic acids is 1. The Morgan fingerprint density at radius 1 is 1.61 bits per heavy atom. The van der Waals surface area contributed by atoms with E-state index in [1.807, 2.05) is 22.6 Å². The largest absolute Gasteiger partial charge is 0.465 e. The number of anilines is 1. The third-order valence-electron chi connectivity index (χ3n) is 2.40. The van der Waals surface area contributed by atoms with E-state index in [1.165, 1.54) is 7.11 Å². The number of nitrogens with two attached hydrogens (primary N) is 1. The van der Waals surface area contributed by atoms with Crippen LogP contribution in [0, 0.1) is 3.57 Å². The molecule has 0 atom stereocenters. The van der Waals surface area contributed by atoms with Gasteiger partial charge in [-0.05, 0) is 28.7 Å². The zero-order valence-corrected chi connectivity index (χ0v) is 11.3. The number of ether oxygens (including phenoxy) is 1. The number of halogens is 3. The van der Waals surface area contributed by atoms with E-state index in [9.17, 15) is 13.6 Å². The Bertz CT molecular complexity index is 627. The molecule has 1 aromatic heterocycles. The number of nitrogen functional groups attached to an aromatic ring is 1. The van der Waals surface area contributed by atoms with Crippen LogP contribution < -0.4 is 5.73 Å². The van der Waals surface area contributed by atoms with E-state index in [0.717, 1.165) is 6.20 Å². The first kappa shape index (κ1) is 13.0. The van der Waals surface area contributed by atoms with E-state index in [2.05, 4.69) is 9.84 Å². The molecule has 0 amide bonds. The van der Waals surface area contributed by atoms with Crippen molar-refractivity contribution in [2.24, 2.45) is 0 Å². The van der Waals surface area contributed by atoms with Crippen molar-refractivity contribution >= 4 is 45.2 Å². The maximum atomic E-state index is 12.6. The van der Waals surface area contributed by atoms with Crippen molar-refractivity contribution < 1.29 is 18.3 Å². The number of carbonyl (C=O) groups is 1. The Kier molecular flexibility index (Phi) is 3.37. The quantitative estimate of drug-likeness (QED) is 0.503. The summed E-state index contributed by atoms with van der Waals surface area (Å²) in [5.41, 5.74) is 6.06. The van der Waals surface area contributed by atoms with E-state index in [4.69, 9.17) is 5.73 Å². The molecule has 0 saturated carbocycles. The number of nitrogens with zero attached hydrogens (tertiary/aromatic N) is 2. The highest BCUT2D eigenvalue weighted by Crippen LogP contribution is 2.30. The van der Waals surface area contributed by atoms with Crippen LogP contribution in [0.2, 0.25) is 0 Å². The molecule has 1 aromatic carbocycles. The van der Waals surface area contributed by atoms with Crippen molar-refractivity contribution in [3.63, 3.8) is 0 Å². The van der Waals surface area contributed by atoms with Gasteiger partial charge in [0, 0.05) is 15.2 Å². The van der Waals surface area contributed by atoms with Gasteiger partial charge in [0.2, 0.25) is 0 Å². The molecule has 5 nitrogen and oxygen atoms in total. The standard InChI is InChI=1S/C10H8F2IN3O2/c1-18-9(17)6-7(14)5(13)2-4-3-16(10(11)12)15-8(4)6/h2-3,10H,14H2,1H3. The Morgan fingerprint density at radius 2 is 2.28 bits per heavy atom. The predicted octanol–water partition coefficient (Wildman–Crippen LogP) is 2.40. The van der Waals surface area contributed by atoms with Crippen molar-refractivity contribution in [2.75, 3.05) is 12.8 Å². The van der Waals surface area contributed by atoms with Gasteiger partial charge >= 0.3 is 12.5 Å². The molecule has 1 heterocycles. The number of esters is 1. The lowest BCUT2D eigenvalue weighted by Gasteiger charge is -2.06. The zero-order chi connectivity index (χ0) is 13.4. The van der Waals surface area contributed by atoms with E-state index in [-0.39, 0.29) is 16.8 Å². The molecular formula is C10H8F2IN3O2. The Labute approximate surface area is 114 Å². The van der Waals surface area contributed by atoms with Gasteiger partial charge in [-0.25, -0.2) is 9.48 Å². The van der Waals surface area contributed by atoms with Crippen LogP contribution in [0.4, 0.5) is 14.5 Å². The summed E-state index contributed by atoms with van der Waals surface area (Å²) in [7, 11) is 1.19. The third kappa shape index (κ3) is 2.00. The number of hydrogen-bond donors (Lipinski definition) is 1. The molecule has 0 bridgehead atoms. The maximum Gasteiger partial charge on any atom is 0.342 e. The van der Waals surface area contributed by atoms with Gasteiger partial charge < -0.3 is 10.5 Å². The second-order valence-corrected chi connectivity index (χ2v) is 4.63. The number of fused-ring (bicyclic) bond motifs is 1. The summed E-state index contributed by atoms with van der Waals surface area (Å²) in [6.07, 6.45) is 1.16. The number of hydrogen-bond acceptors (Lipinski definition) is 4. The van der Waals surface area contributed by atoms with Crippen LogP contribution >= 0.6 is 22.6 Å². The van der Waals surface area contributed by atoms with Crippen LogP contribution in [0.15, 0.2) is 12.3 Å². The van der Waals surface area contributed by atoms with Crippen LogP contribution in [-0.2, 0) is 4.74 Å². The van der Waals surface area contributed by atoms with E-state index in [0.29, 0.717) is 13.6 Å². The van der Waals surface area contributed by atoms with Gasteiger partial charge in [-0.1, -0.05) is 0 Å². The molecule has 0 fully saturated rings. The molecule has 8 heteroatoms. The molecule has 2 aromatic rings. The van der Waals surface area contributed by atoms with Crippen molar-refractivity contribution in [1.29, 1.82) is 0 Å². The van der Waals surface area contributed by atoms with Crippen molar-refractivity contribution in [3.05, 3.63) is 21.4 Å². The van der Waals surface area contributed by atoms with Crippen molar-refractivity contribution in [3.8, 4) is 0 Å². The monoisotopic (exact) mass is 367 g/mol. The molecule has 96 valence electrons. The van der Waals surface area contributed by atoms with Crippen molar-refractivity contribution in [1.82, 2.24) is 9.78 Å². The van der Waals surface area contributed by atoms with Gasteiger partial charge in [0.25, 0.3) is 0 Å². The molecular weight excluding hydrogens is 359 g/mol. The Morgan fingerprint density at radius 3 is 2.83 bits per heavy atom. The highest BCUT2D eigenvalue weighted by Gasteiger charge is 2.21. The van der Waals surface area contributed by atoms with Gasteiger partial charge in [0.05, 0.1) is 12.8 Å². The van der Waals surface area contributed by atoms with Crippen LogP contribution in [0.1, 0.15) is 16.9 Å². The average Bonchev–Trinajstić information content (AvgIpc) is 2.73. The first-order valence-corrected chi connectivity index (χ1v) is 5.87. The van der Waals surface area contributed by atoms with Gasteiger partial charge in [0.15, 0.2) is 0 Å². The van der Waals surface area contributed by atoms with Gasteiger partial charge in [0.1, 0.15) is 11.1 Å². The smallest absolute Gasteiger partial charge is 0.342 e.